The molecule has 1 aliphatic heterocycles. The second-order valence-electron chi connectivity index (χ2n) is 4.88. The highest BCUT2D eigenvalue weighted by molar-refractivity contribution is 7.99. The van der Waals surface area contributed by atoms with Crippen molar-refractivity contribution in [2.24, 2.45) is 0 Å². The minimum absolute atomic E-state index is 0.0178. The summed E-state index contributed by atoms with van der Waals surface area (Å²) in [6.45, 7) is 0.418. The first-order chi connectivity index (χ1) is 9.95. The van der Waals surface area contributed by atoms with Crippen LogP contribution in [-0.4, -0.2) is 33.0 Å². The van der Waals surface area contributed by atoms with Gasteiger partial charge in [-0.05, 0) is 43.5 Å². The summed E-state index contributed by atoms with van der Waals surface area (Å²) in [5.74, 6) is 1.96. The summed E-state index contributed by atoms with van der Waals surface area (Å²) < 4.78 is 27.8. The normalized spacial score (nSPS) is 17.1. The summed E-state index contributed by atoms with van der Waals surface area (Å²) in [6, 6.07) is 3.02. The molecule has 1 fully saturated rings. The lowest BCUT2D eigenvalue weighted by Crippen LogP contribution is -2.37. The van der Waals surface area contributed by atoms with Crippen molar-refractivity contribution >= 4 is 45.0 Å². The molecule has 1 saturated heterocycles. The smallest absolute Gasteiger partial charge is 0.242 e. The Balaban J connectivity index is 2.29. The van der Waals surface area contributed by atoms with Gasteiger partial charge in [-0.2, -0.15) is 11.8 Å². The summed E-state index contributed by atoms with van der Waals surface area (Å²) in [6.07, 6.45) is 1.69. The van der Waals surface area contributed by atoms with Crippen LogP contribution in [0, 0.1) is 0 Å². The lowest BCUT2D eigenvalue weighted by atomic mass is 10.2. The van der Waals surface area contributed by atoms with Gasteiger partial charge >= 0.3 is 0 Å². The van der Waals surface area contributed by atoms with Crippen molar-refractivity contribution in [3.63, 3.8) is 0 Å². The first-order valence-electron chi connectivity index (χ1n) is 6.67. The largest absolute Gasteiger partial charge is 0.316 e. The molecule has 0 bridgehead atoms. The van der Waals surface area contributed by atoms with Gasteiger partial charge in [0.2, 0.25) is 10.0 Å². The molecule has 1 aromatic carbocycles. The van der Waals surface area contributed by atoms with Crippen molar-refractivity contribution in [2.75, 3.05) is 18.6 Å². The maximum absolute atomic E-state index is 12.5. The molecule has 0 aliphatic carbocycles. The molecule has 0 saturated carbocycles. The van der Waals surface area contributed by atoms with Gasteiger partial charge in [-0.25, -0.2) is 13.1 Å². The fourth-order valence-electron chi connectivity index (χ4n) is 2.22. The van der Waals surface area contributed by atoms with Crippen molar-refractivity contribution in [2.45, 2.75) is 30.3 Å². The van der Waals surface area contributed by atoms with Crippen LogP contribution >= 0.6 is 35.0 Å². The Kier molecular flexibility index (Phi) is 6.23. The van der Waals surface area contributed by atoms with Crippen molar-refractivity contribution in [3.05, 3.63) is 27.7 Å². The molecule has 4 nitrogen and oxygen atoms in total. The fourth-order valence-corrected chi connectivity index (χ4v) is 5.54. The van der Waals surface area contributed by atoms with E-state index in [1.807, 2.05) is 11.8 Å². The van der Waals surface area contributed by atoms with Gasteiger partial charge in [-0.15, -0.1) is 0 Å². The number of rotatable bonds is 5. The first kappa shape index (κ1) is 17.4. The standard InChI is InChI=1S/C13H18Cl2N2O2S2/c1-16-8-10-11(14)2-3-12(13(10)15)21(18,19)17-9-4-6-20-7-5-9/h2-3,9,16-17H,4-8H2,1H3. The van der Waals surface area contributed by atoms with E-state index in [1.54, 1.807) is 13.1 Å². The maximum Gasteiger partial charge on any atom is 0.242 e. The molecule has 0 amide bonds. The predicted octanol–water partition coefficient (Wildman–Crippen LogP) is 2.89. The third-order valence-electron chi connectivity index (χ3n) is 3.34. The number of halogens is 2. The van der Waals surface area contributed by atoms with Crippen LogP contribution in [0.4, 0.5) is 0 Å². The maximum atomic E-state index is 12.5. The Morgan fingerprint density at radius 1 is 1.29 bits per heavy atom. The zero-order chi connectivity index (χ0) is 15.5. The molecule has 0 radical (unpaired) electrons. The second kappa shape index (κ2) is 7.53. The van der Waals surface area contributed by atoms with Crippen molar-refractivity contribution in [1.82, 2.24) is 10.0 Å². The number of hydrogen-bond donors (Lipinski definition) is 2. The zero-order valence-electron chi connectivity index (χ0n) is 11.7. The Morgan fingerprint density at radius 3 is 2.57 bits per heavy atom. The third-order valence-corrected chi connectivity index (χ3v) is 6.85. The highest BCUT2D eigenvalue weighted by Crippen LogP contribution is 2.31. The van der Waals surface area contributed by atoms with Gasteiger partial charge in [0, 0.05) is 23.2 Å². The van der Waals surface area contributed by atoms with Crippen LogP contribution in [0.1, 0.15) is 18.4 Å². The highest BCUT2D eigenvalue weighted by atomic mass is 35.5. The van der Waals surface area contributed by atoms with Crippen LogP contribution in [0.3, 0.4) is 0 Å². The second-order valence-corrected chi connectivity index (χ2v) is 8.57. The van der Waals surface area contributed by atoms with E-state index >= 15 is 0 Å². The topological polar surface area (TPSA) is 58.2 Å². The molecule has 2 rings (SSSR count). The minimum Gasteiger partial charge on any atom is -0.316 e. The summed E-state index contributed by atoms with van der Waals surface area (Å²) in [5.41, 5.74) is 0.600. The summed E-state index contributed by atoms with van der Waals surface area (Å²) >= 11 is 14.2. The zero-order valence-corrected chi connectivity index (χ0v) is 14.8. The Bertz CT molecular complexity index is 602. The summed E-state index contributed by atoms with van der Waals surface area (Å²) in [4.78, 5) is 0.0945. The van der Waals surface area contributed by atoms with E-state index in [1.165, 1.54) is 6.07 Å². The summed E-state index contributed by atoms with van der Waals surface area (Å²) in [7, 11) is -1.87. The number of sulfonamides is 1. The lowest BCUT2D eigenvalue weighted by molar-refractivity contribution is 0.529. The van der Waals surface area contributed by atoms with Gasteiger partial charge in [0.05, 0.1) is 5.02 Å². The third kappa shape index (κ3) is 4.27. The number of thioether (sulfide) groups is 1. The average molecular weight is 369 g/mol. The molecule has 1 aromatic rings. The van der Waals surface area contributed by atoms with E-state index in [-0.39, 0.29) is 16.0 Å². The quantitative estimate of drug-likeness (QED) is 0.838. The molecular weight excluding hydrogens is 351 g/mol. The van der Waals surface area contributed by atoms with E-state index in [4.69, 9.17) is 23.2 Å². The molecule has 21 heavy (non-hydrogen) atoms. The van der Waals surface area contributed by atoms with Gasteiger partial charge < -0.3 is 5.32 Å². The van der Waals surface area contributed by atoms with Crippen LogP contribution in [-0.2, 0) is 16.6 Å². The van der Waals surface area contributed by atoms with Crippen molar-refractivity contribution in [1.29, 1.82) is 0 Å². The van der Waals surface area contributed by atoms with Crippen LogP contribution in [0.25, 0.3) is 0 Å². The monoisotopic (exact) mass is 368 g/mol. The average Bonchev–Trinajstić information content (AvgIpc) is 2.43. The van der Waals surface area contributed by atoms with Crippen molar-refractivity contribution in [3.8, 4) is 0 Å². The van der Waals surface area contributed by atoms with E-state index in [0.29, 0.717) is 17.1 Å². The van der Waals surface area contributed by atoms with E-state index in [0.717, 1.165) is 24.3 Å². The minimum atomic E-state index is -3.63. The number of hydrogen-bond acceptors (Lipinski definition) is 4. The molecule has 0 atom stereocenters. The predicted molar refractivity (Wildman–Crippen MR) is 89.9 cm³/mol. The van der Waals surface area contributed by atoms with E-state index in [9.17, 15) is 8.42 Å². The number of benzene rings is 1. The van der Waals surface area contributed by atoms with Crippen LogP contribution in [0.15, 0.2) is 17.0 Å². The fraction of sp³-hybridized carbons (Fsp3) is 0.538. The number of nitrogens with one attached hydrogen (secondary N) is 2. The van der Waals surface area contributed by atoms with Crippen LogP contribution in [0.5, 0.6) is 0 Å². The summed E-state index contributed by atoms with van der Waals surface area (Å²) in [5, 5.41) is 3.59. The van der Waals surface area contributed by atoms with Gasteiger partial charge in [-0.1, -0.05) is 23.2 Å². The molecule has 0 spiro atoms. The highest BCUT2D eigenvalue weighted by Gasteiger charge is 2.25. The van der Waals surface area contributed by atoms with Gasteiger partial charge in [0.25, 0.3) is 0 Å². The molecule has 1 aliphatic rings. The molecule has 0 unspecified atom stereocenters. The van der Waals surface area contributed by atoms with Gasteiger partial charge in [0.15, 0.2) is 0 Å². The molecule has 0 aromatic heterocycles. The van der Waals surface area contributed by atoms with Gasteiger partial charge in [-0.3, -0.25) is 0 Å². The van der Waals surface area contributed by atoms with E-state index < -0.39 is 10.0 Å². The van der Waals surface area contributed by atoms with Crippen LogP contribution < -0.4 is 10.0 Å². The lowest BCUT2D eigenvalue weighted by Gasteiger charge is -2.23. The molecule has 1 heterocycles. The Morgan fingerprint density at radius 2 is 1.95 bits per heavy atom. The Labute approximate surface area is 140 Å². The van der Waals surface area contributed by atoms with Crippen LogP contribution in [0.2, 0.25) is 10.0 Å². The van der Waals surface area contributed by atoms with Gasteiger partial charge in [0.1, 0.15) is 4.90 Å². The molecular formula is C13H18Cl2N2O2S2. The first-order valence-corrected chi connectivity index (χ1v) is 10.1. The Hall–Kier alpha value is 0.0200. The molecule has 2 N–H and O–H groups in total. The van der Waals surface area contributed by atoms with E-state index in [2.05, 4.69) is 10.0 Å². The van der Waals surface area contributed by atoms with Crippen molar-refractivity contribution < 1.29 is 8.42 Å². The molecule has 8 heteroatoms. The SMILES string of the molecule is CNCc1c(Cl)ccc(S(=O)(=O)NC2CCSCC2)c1Cl. The molecule has 118 valence electrons.